The monoisotopic (exact) mass is 271 g/mol. The van der Waals surface area contributed by atoms with Gasteiger partial charge in [-0.25, -0.2) is 4.39 Å². The zero-order valence-electron chi connectivity index (χ0n) is 11.0. The van der Waals surface area contributed by atoms with E-state index < -0.39 is 0 Å². The van der Waals surface area contributed by atoms with Gasteiger partial charge in [-0.3, -0.25) is 4.79 Å². The normalized spacial score (nSPS) is 10.5. The lowest BCUT2D eigenvalue weighted by Crippen LogP contribution is -2.07. The Morgan fingerprint density at radius 2 is 1.95 bits per heavy atom. The number of benzene rings is 2. The van der Waals surface area contributed by atoms with Gasteiger partial charge in [-0.2, -0.15) is 0 Å². The third-order valence-electron chi connectivity index (χ3n) is 2.63. The summed E-state index contributed by atoms with van der Waals surface area (Å²) in [4.78, 5) is 11.7. The fourth-order valence-electron chi connectivity index (χ4n) is 1.63. The first-order valence-corrected chi connectivity index (χ1v) is 6.06. The van der Waals surface area contributed by atoms with E-state index in [9.17, 15) is 9.18 Å². The Balaban J connectivity index is 1.99. The van der Waals surface area contributed by atoms with Gasteiger partial charge in [-0.05, 0) is 48.0 Å². The number of nitrogens with one attached hydrogen (secondary N) is 1. The van der Waals surface area contributed by atoms with Gasteiger partial charge < -0.3 is 10.1 Å². The first-order chi connectivity index (χ1) is 9.67. The molecule has 0 fully saturated rings. The molecule has 0 aliphatic carbocycles. The van der Waals surface area contributed by atoms with Crippen molar-refractivity contribution in [3.63, 3.8) is 0 Å². The topological polar surface area (TPSA) is 38.3 Å². The second-order valence-electron chi connectivity index (χ2n) is 4.11. The minimum atomic E-state index is -0.338. The van der Waals surface area contributed by atoms with E-state index >= 15 is 0 Å². The second-order valence-corrected chi connectivity index (χ2v) is 4.11. The summed E-state index contributed by atoms with van der Waals surface area (Å²) in [5, 5.41) is 2.64. The number of carbonyl (C=O) groups excluding carboxylic acids is 1. The van der Waals surface area contributed by atoms with Crippen LogP contribution in [0.3, 0.4) is 0 Å². The number of amides is 1. The summed E-state index contributed by atoms with van der Waals surface area (Å²) in [5.41, 5.74) is 1.41. The average molecular weight is 271 g/mol. The zero-order chi connectivity index (χ0) is 14.4. The molecule has 0 radical (unpaired) electrons. The molecule has 0 unspecified atom stereocenters. The summed E-state index contributed by atoms with van der Waals surface area (Å²) in [6, 6.07) is 13.0. The maximum atomic E-state index is 12.7. The Kier molecular flexibility index (Phi) is 4.50. The van der Waals surface area contributed by atoms with Crippen molar-refractivity contribution < 1.29 is 13.9 Å². The number of ether oxygens (including phenoxy) is 1. The van der Waals surface area contributed by atoms with Crippen molar-refractivity contribution in [2.24, 2.45) is 0 Å². The standard InChI is InChI=1S/C16H14FNO2/c1-20-15-4-2-3-12(11-15)5-10-16(19)18-14-8-6-13(17)7-9-14/h2-11H,1H3,(H,18,19)/b10-5+. The van der Waals surface area contributed by atoms with Crippen LogP contribution in [-0.2, 0) is 4.79 Å². The molecule has 0 aromatic heterocycles. The number of hydrogen-bond donors (Lipinski definition) is 1. The molecule has 0 saturated carbocycles. The molecule has 0 heterocycles. The Labute approximate surface area is 116 Å². The molecule has 0 aliphatic heterocycles. The van der Waals surface area contributed by atoms with Gasteiger partial charge in [0.15, 0.2) is 0 Å². The molecular weight excluding hydrogens is 257 g/mol. The Bertz CT molecular complexity index is 621. The van der Waals surface area contributed by atoms with Crippen LogP contribution < -0.4 is 10.1 Å². The first-order valence-electron chi connectivity index (χ1n) is 6.06. The fourth-order valence-corrected chi connectivity index (χ4v) is 1.63. The van der Waals surface area contributed by atoms with Gasteiger partial charge in [0.2, 0.25) is 5.91 Å². The third-order valence-corrected chi connectivity index (χ3v) is 2.63. The summed E-state index contributed by atoms with van der Waals surface area (Å²) in [7, 11) is 1.59. The molecule has 102 valence electrons. The minimum Gasteiger partial charge on any atom is -0.497 e. The lowest BCUT2D eigenvalue weighted by atomic mass is 10.2. The van der Waals surface area contributed by atoms with Crippen LogP contribution in [0.5, 0.6) is 5.75 Å². The van der Waals surface area contributed by atoms with Gasteiger partial charge in [-0.15, -0.1) is 0 Å². The van der Waals surface area contributed by atoms with E-state index in [0.29, 0.717) is 5.69 Å². The van der Waals surface area contributed by atoms with E-state index in [2.05, 4.69) is 5.32 Å². The summed E-state index contributed by atoms with van der Waals surface area (Å²) in [5.74, 6) is 0.112. The molecule has 2 aromatic rings. The van der Waals surface area contributed by atoms with E-state index in [0.717, 1.165) is 11.3 Å². The molecule has 0 aliphatic rings. The van der Waals surface area contributed by atoms with Crippen LogP contribution in [-0.4, -0.2) is 13.0 Å². The maximum Gasteiger partial charge on any atom is 0.248 e. The maximum absolute atomic E-state index is 12.7. The number of halogens is 1. The van der Waals surface area contributed by atoms with E-state index in [-0.39, 0.29) is 11.7 Å². The van der Waals surface area contributed by atoms with Crippen LogP contribution in [0.1, 0.15) is 5.56 Å². The van der Waals surface area contributed by atoms with Crippen molar-refractivity contribution in [1.82, 2.24) is 0 Å². The molecule has 4 heteroatoms. The molecule has 0 bridgehead atoms. The van der Waals surface area contributed by atoms with Crippen LogP contribution in [0.2, 0.25) is 0 Å². The highest BCUT2D eigenvalue weighted by Gasteiger charge is 1.98. The average Bonchev–Trinajstić information content (AvgIpc) is 2.48. The van der Waals surface area contributed by atoms with Crippen molar-refractivity contribution in [2.75, 3.05) is 12.4 Å². The molecule has 0 saturated heterocycles. The minimum absolute atomic E-state index is 0.278. The Hall–Kier alpha value is -2.62. The van der Waals surface area contributed by atoms with Gasteiger partial charge in [-0.1, -0.05) is 12.1 Å². The molecular formula is C16H14FNO2. The summed E-state index contributed by atoms with van der Waals surface area (Å²) in [6.45, 7) is 0. The second kappa shape index (κ2) is 6.52. The van der Waals surface area contributed by atoms with Crippen LogP contribution in [0.25, 0.3) is 6.08 Å². The van der Waals surface area contributed by atoms with Crippen molar-refractivity contribution in [3.05, 3.63) is 66.0 Å². The van der Waals surface area contributed by atoms with Crippen LogP contribution in [0, 0.1) is 5.82 Å². The van der Waals surface area contributed by atoms with Crippen molar-refractivity contribution in [2.45, 2.75) is 0 Å². The highest BCUT2D eigenvalue weighted by atomic mass is 19.1. The summed E-state index contributed by atoms with van der Waals surface area (Å²) >= 11 is 0. The predicted molar refractivity (Wildman–Crippen MR) is 77.1 cm³/mol. The van der Waals surface area contributed by atoms with E-state index in [1.54, 1.807) is 13.2 Å². The number of methoxy groups -OCH3 is 1. The lowest BCUT2D eigenvalue weighted by molar-refractivity contribution is -0.111. The van der Waals surface area contributed by atoms with Gasteiger partial charge >= 0.3 is 0 Å². The number of carbonyl (C=O) groups is 1. The van der Waals surface area contributed by atoms with Gasteiger partial charge in [0.1, 0.15) is 11.6 Å². The zero-order valence-corrected chi connectivity index (χ0v) is 11.0. The molecule has 2 rings (SSSR count). The number of anilines is 1. The molecule has 0 atom stereocenters. The number of hydrogen-bond acceptors (Lipinski definition) is 2. The van der Waals surface area contributed by atoms with Crippen LogP contribution in [0.15, 0.2) is 54.6 Å². The molecule has 20 heavy (non-hydrogen) atoms. The summed E-state index contributed by atoms with van der Waals surface area (Å²) in [6.07, 6.45) is 3.10. The highest BCUT2D eigenvalue weighted by Crippen LogP contribution is 2.14. The molecule has 1 amide bonds. The smallest absolute Gasteiger partial charge is 0.248 e. The molecule has 2 aromatic carbocycles. The lowest BCUT2D eigenvalue weighted by Gasteiger charge is -2.02. The fraction of sp³-hybridized carbons (Fsp3) is 0.0625. The predicted octanol–water partition coefficient (Wildman–Crippen LogP) is 3.49. The first kappa shape index (κ1) is 13.8. The van der Waals surface area contributed by atoms with Gasteiger partial charge in [0.25, 0.3) is 0 Å². The molecule has 0 spiro atoms. The third kappa shape index (κ3) is 3.95. The summed E-state index contributed by atoms with van der Waals surface area (Å²) < 4.78 is 17.8. The van der Waals surface area contributed by atoms with Crippen molar-refractivity contribution in [1.29, 1.82) is 0 Å². The van der Waals surface area contributed by atoms with Crippen LogP contribution in [0.4, 0.5) is 10.1 Å². The Morgan fingerprint density at radius 1 is 1.20 bits per heavy atom. The molecule has 3 nitrogen and oxygen atoms in total. The highest BCUT2D eigenvalue weighted by molar-refractivity contribution is 6.01. The quantitative estimate of drug-likeness (QED) is 0.864. The Morgan fingerprint density at radius 3 is 2.65 bits per heavy atom. The van der Waals surface area contributed by atoms with Gasteiger partial charge in [0.05, 0.1) is 7.11 Å². The SMILES string of the molecule is COc1cccc(/C=C/C(=O)Nc2ccc(F)cc2)c1. The van der Waals surface area contributed by atoms with Crippen molar-refractivity contribution >= 4 is 17.7 Å². The van der Waals surface area contributed by atoms with Crippen LogP contribution >= 0.6 is 0 Å². The van der Waals surface area contributed by atoms with E-state index in [1.165, 1.54) is 30.3 Å². The van der Waals surface area contributed by atoms with E-state index in [4.69, 9.17) is 4.74 Å². The number of rotatable bonds is 4. The largest absolute Gasteiger partial charge is 0.497 e. The van der Waals surface area contributed by atoms with Gasteiger partial charge in [0, 0.05) is 11.8 Å². The van der Waals surface area contributed by atoms with Crippen molar-refractivity contribution in [3.8, 4) is 5.75 Å². The molecule has 1 N–H and O–H groups in total. The van der Waals surface area contributed by atoms with E-state index in [1.807, 2.05) is 24.3 Å².